The van der Waals surface area contributed by atoms with Gasteiger partial charge in [0.2, 0.25) is 11.3 Å². The monoisotopic (exact) mass is 608 g/mol. The molecule has 45 heavy (non-hydrogen) atoms. The van der Waals surface area contributed by atoms with E-state index in [9.17, 15) is 23.6 Å². The Morgan fingerprint density at radius 3 is 2.44 bits per heavy atom. The number of aromatic nitrogens is 2. The Hall–Kier alpha value is -5.29. The molecule has 2 aromatic heterocycles. The van der Waals surface area contributed by atoms with Crippen LogP contribution in [0.4, 0.5) is 15.8 Å². The van der Waals surface area contributed by atoms with E-state index in [4.69, 9.17) is 0 Å². The lowest BCUT2D eigenvalue weighted by atomic mass is 10.0. The topological polar surface area (TPSA) is 130 Å². The lowest BCUT2D eigenvalue weighted by Crippen LogP contribution is -2.47. The largest absolute Gasteiger partial charge is 0.366 e. The van der Waals surface area contributed by atoms with Gasteiger partial charge in [-0.1, -0.05) is 18.2 Å². The quantitative estimate of drug-likeness (QED) is 0.244. The van der Waals surface area contributed by atoms with E-state index >= 15 is 0 Å². The minimum absolute atomic E-state index is 0.0928. The lowest BCUT2D eigenvalue weighted by molar-refractivity contribution is -0.132. The van der Waals surface area contributed by atoms with E-state index in [0.717, 1.165) is 35.6 Å². The summed E-state index contributed by atoms with van der Waals surface area (Å²) in [6.45, 7) is 7.02. The average molecular weight is 609 g/mol. The zero-order chi connectivity index (χ0) is 31.8. The van der Waals surface area contributed by atoms with Crippen LogP contribution in [0.5, 0.6) is 0 Å². The zero-order valence-corrected chi connectivity index (χ0v) is 25.2. The first-order valence-electron chi connectivity index (χ1n) is 14.7. The van der Waals surface area contributed by atoms with Crippen molar-refractivity contribution in [1.82, 2.24) is 19.8 Å². The molecule has 0 unspecified atom stereocenters. The molecule has 0 radical (unpaired) electrons. The van der Waals surface area contributed by atoms with Crippen LogP contribution < -0.4 is 16.1 Å². The summed E-state index contributed by atoms with van der Waals surface area (Å²) in [6, 6.07) is 10.5. The van der Waals surface area contributed by atoms with Gasteiger partial charge in [-0.05, 0) is 67.9 Å². The van der Waals surface area contributed by atoms with Crippen LogP contribution in [0, 0.1) is 19.7 Å². The molecule has 6 rings (SSSR count). The normalized spacial score (nSPS) is 15.7. The molecule has 4 N–H and O–H groups in total. The number of carbonyl (C=O) groups excluding carboxylic acids is 3. The van der Waals surface area contributed by atoms with E-state index in [0.29, 0.717) is 47.6 Å². The maximum atomic E-state index is 13.4. The third kappa shape index (κ3) is 5.94. The highest BCUT2D eigenvalue weighted by molar-refractivity contribution is 6.35. The molecular formula is C34H33FN6O4. The number of likely N-dealkylation sites (N-methyl/N-ethyl adjacent to an activating group) is 1. The van der Waals surface area contributed by atoms with E-state index in [2.05, 4.69) is 32.5 Å². The number of anilines is 2. The summed E-state index contributed by atoms with van der Waals surface area (Å²) < 4.78 is 13.4. The van der Waals surface area contributed by atoms with Gasteiger partial charge in [-0.15, -0.1) is 0 Å². The third-order valence-corrected chi connectivity index (χ3v) is 8.51. The number of halogens is 1. The van der Waals surface area contributed by atoms with Gasteiger partial charge in [0.25, 0.3) is 11.8 Å². The fraction of sp³-hybridized carbons (Fsp3) is 0.235. The van der Waals surface area contributed by atoms with Gasteiger partial charge in [0, 0.05) is 66.8 Å². The lowest BCUT2D eigenvalue weighted by Gasteiger charge is -2.32. The number of nitrogens with one attached hydrogen (secondary N) is 4. The molecular weight excluding hydrogens is 575 g/mol. The van der Waals surface area contributed by atoms with Crippen LogP contribution in [-0.2, 0) is 16.0 Å². The highest BCUT2D eigenvalue weighted by Gasteiger charge is 2.27. The molecule has 10 nitrogen and oxygen atoms in total. The smallest absolute Gasteiger partial charge is 0.261 e. The molecule has 2 aliphatic heterocycles. The fourth-order valence-corrected chi connectivity index (χ4v) is 5.80. The van der Waals surface area contributed by atoms with Crippen molar-refractivity contribution in [3.8, 4) is 11.1 Å². The van der Waals surface area contributed by atoms with E-state index in [1.807, 2.05) is 18.7 Å². The van der Waals surface area contributed by atoms with Crippen LogP contribution in [0.1, 0.15) is 38.4 Å². The van der Waals surface area contributed by atoms with Crippen LogP contribution in [0.2, 0.25) is 0 Å². The van der Waals surface area contributed by atoms with Crippen LogP contribution in [0.15, 0.2) is 59.7 Å². The van der Waals surface area contributed by atoms with Gasteiger partial charge in [0.1, 0.15) is 11.4 Å². The van der Waals surface area contributed by atoms with Crippen molar-refractivity contribution in [3.05, 3.63) is 105 Å². The summed E-state index contributed by atoms with van der Waals surface area (Å²) >= 11 is 0. The van der Waals surface area contributed by atoms with E-state index in [1.54, 1.807) is 24.3 Å². The number of nitrogens with zero attached hydrogens (tertiary/aromatic N) is 2. The Morgan fingerprint density at radius 1 is 0.978 bits per heavy atom. The molecule has 0 bridgehead atoms. The van der Waals surface area contributed by atoms with Gasteiger partial charge in [0.05, 0.1) is 17.7 Å². The van der Waals surface area contributed by atoms with Crippen molar-refractivity contribution >= 4 is 40.7 Å². The summed E-state index contributed by atoms with van der Waals surface area (Å²) in [5.74, 6) is -1.26. The van der Waals surface area contributed by atoms with Crippen LogP contribution >= 0.6 is 0 Å². The number of amides is 3. The first-order chi connectivity index (χ1) is 21.6. The van der Waals surface area contributed by atoms with E-state index < -0.39 is 17.2 Å². The van der Waals surface area contributed by atoms with Crippen molar-refractivity contribution in [2.24, 2.45) is 0 Å². The molecule has 0 spiro atoms. The molecule has 1 saturated heterocycles. The van der Waals surface area contributed by atoms with Crippen molar-refractivity contribution in [1.29, 1.82) is 0 Å². The van der Waals surface area contributed by atoms with Crippen LogP contribution in [0.25, 0.3) is 22.8 Å². The minimum atomic E-state index is -0.628. The number of H-pyrrole nitrogens is 2. The SMILES string of the molecule is Cc1[nH]c(/C=C2\C(=O)Nc3cc(NC(=O)c4c[nH]cc(-c5ccc(F)cc5)c4=O)ccc32)c(C)c1CC(=O)N1CCN(C)CC1. The molecule has 1 fully saturated rings. The summed E-state index contributed by atoms with van der Waals surface area (Å²) in [5.41, 5.74) is 5.62. The second-order valence-electron chi connectivity index (χ2n) is 11.5. The Labute approximate surface area is 259 Å². The van der Waals surface area contributed by atoms with Gasteiger partial charge in [-0.2, -0.15) is 0 Å². The van der Waals surface area contributed by atoms with Gasteiger partial charge >= 0.3 is 0 Å². The second kappa shape index (κ2) is 12.0. The van der Waals surface area contributed by atoms with Gasteiger partial charge in [-0.25, -0.2) is 4.39 Å². The minimum Gasteiger partial charge on any atom is -0.366 e. The maximum absolute atomic E-state index is 13.4. The highest BCUT2D eigenvalue weighted by Crippen LogP contribution is 2.36. The molecule has 0 aliphatic carbocycles. The molecule has 0 atom stereocenters. The molecule has 2 aromatic carbocycles. The maximum Gasteiger partial charge on any atom is 0.261 e. The molecule has 3 amide bonds. The molecule has 0 saturated carbocycles. The molecule has 230 valence electrons. The summed E-state index contributed by atoms with van der Waals surface area (Å²) in [7, 11) is 2.05. The van der Waals surface area contributed by atoms with Gasteiger partial charge < -0.3 is 30.4 Å². The number of hydrogen-bond acceptors (Lipinski definition) is 5. The number of carbonyl (C=O) groups is 3. The number of benzene rings is 2. The van der Waals surface area contributed by atoms with E-state index in [-0.39, 0.29) is 22.9 Å². The third-order valence-electron chi connectivity index (χ3n) is 8.51. The molecule has 4 heterocycles. The number of pyridine rings is 1. The first kappa shape index (κ1) is 29.8. The summed E-state index contributed by atoms with van der Waals surface area (Å²) in [6.07, 6.45) is 4.86. The van der Waals surface area contributed by atoms with Crippen molar-refractivity contribution in [3.63, 3.8) is 0 Å². The Kier molecular flexibility index (Phi) is 7.94. The van der Waals surface area contributed by atoms with Gasteiger partial charge in [0.15, 0.2) is 0 Å². The summed E-state index contributed by atoms with van der Waals surface area (Å²) in [5, 5.41) is 5.58. The Bertz CT molecular complexity index is 1920. The predicted molar refractivity (Wildman–Crippen MR) is 171 cm³/mol. The first-order valence-corrected chi connectivity index (χ1v) is 14.7. The number of aromatic amines is 2. The number of hydrogen-bond donors (Lipinski definition) is 4. The molecule has 4 aromatic rings. The molecule has 11 heteroatoms. The number of piperazine rings is 1. The fourth-order valence-electron chi connectivity index (χ4n) is 5.80. The van der Waals surface area contributed by atoms with Crippen LogP contribution in [0.3, 0.4) is 0 Å². The number of rotatable bonds is 6. The van der Waals surface area contributed by atoms with Crippen molar-refractivity contribution < 1.29 is 18.8 Å². The highest BCUT2D eigenvalue weighted by atomic mass is 19.1. The Morgan fingerprint density at radius 2 is 1.71 bits per heavy atom. The number of aryl methyl sites for hydroxylation is 1. The zero-order valence-electron chi connectivity index (χ0n) is 25.2. The van der Waals surface area contributed by atoms with Gasteiger partial charge in [-0.3, -0.25) is 19.2 Å². The van der Waals surface area contributed by atoms with Crippen molar-refractivity contribution in [2.45, 2.75) is 20.3 Å². The van der Waals surface area contributed by atoms with Crippen molar-refractivity contribution in [2.75, 3.05) is 43.9 Å². The average Bonchev–Trinajstić information content (AvgIpc) is 3.47. The predicted octanol–water partition coefficient (Wildman–Crippen LogP) is 4.19. The molecule has 2 aliphatic rings. The standard InChI is InChI=1S/C34H33FN6O4/c1-19-25(16-31(42)41-12-10-40(3)11-13-41)20(2)37-29(19)15-26-24-9-8-23(14-30(24)39-33(26)44)38-34(45)28-18-36-17-27(32(28)43)21-4-6-22(35)7-5-21/h4-9,14-15,17-18,37H,10-13,16H2,1-3H3,(H,36,43)(H,38,45)(H,39,44)/b26-15-. The van der Waals surface area contributed by atoms with Crippen LogP contribution in [-0.4, -0.2) is 70.7 Å². The van der Waals surface area contributed by atoms with E-state index in [1.165, 1.54) is 36.7 Å². The Balaban J connectivity index is 1.20. The second-order valence-corrected chi connectivity index (χ2v) is 11.5. The summed E-state index contributed by atoms with van der Waals surface area (Å²) in [4.78, 5) is 62.5. The number of fused-ring (bicyclic) bond motifs is 1.